The predicted octanol–water partition coefficient (Wildman–Crippen LogP) is 5.03. The summed E-state index contributed by atoms with van der Waals surface area (Å²) in [6, 6.07) is 14.0. The maximum atomic E-state index is 11.2. The molecule has 0 bridgehead atoms. The molecule has 4 rings (SSSR count). The van der Waals surface area contributed by atoms with Gasteiger partial charge in [-0.3, -0.25) is 9.58 Å². The molecule has 0 spiro atoms. The number of likely N-dealkylation sites (tertiary alicyclic amines) is 1. The molecule has 2 heterocycles. The zero-order valence-electron chi connectivity index (χ0n) is 20.0. The van der Waals surface area contributed by atoms with Gasteiger partial charge in [0.25, 0.3) is 0 Å². The average Bonchev–Trinajstić information content (AvgIpc) is 3.33. The maximum absolute atomic E-state index is 11.2. The number of hydrogen-bond acceptors (Lipinski definition) is 5. The molecule has 1 aliphatic heterocycles. The summed E-state index contributed by atoms with van der Waals surface area (Å²) in [7, 11) is 0. The molecule has 1 aromatic heterocycles. The van der Waals surface area contributed by atoms with E-state index in [9.17, 15) is 5.11 Å². The first-order valence-corrected chi connectivity index (χ1v) is 12.3. The standard InChI is InChI=1S/C27H34ClN3O3/c1-21-15-25(16-22(2)26(21)28)34-20-27(32)9-4-11-30(19-27)18-23-7-3-8-24(17-23)33-14-6-13-31-12-5-10-29-31/h3,5,7-8,10,12,15-17,32H,4,6,9,11,13-14,18-20H2,1-2H3/t27-/m0/s1. The lowest BCUT2D eigenvalue weighted by Gasteiger charge is -2.39. The molecule has 1 fully saturated rings. The van der Waals surface area contributed by atoms with Crippen LogP contribution in [-0.2, 0) is 13.1 Å². The third-order valence-corrected chi connectivity index (χ3v) is 6.81. The molecule has 1 aliphatic rings. The Morgan fingerprint density at radius 1 is 1.09 bits per heavy atom. The first-order chi connectivity index (χ1) is 16.4. The van der Waals surface area contributed by atoms with Crippen LogP contribution in [0.2, 0.25) is 5.02 Å². The molecule has 34 heavy (non-hydrogen) atoms. The Balaban J connectivity index is 1.28. The van der Waals surface area contributed by atoms with Crippen LogP contribution in [0, 0.1) is 13.8 Å². The number of ether oxygens (including phenoxy) is 2. The highest BCUT2D eigenvalue weighted by Crippen LogP contribution is 2.28. The lowest BCUT2D eigenvalue weighted by atomic mass is 9.93. The van der Waals surface area contributed by atoms with E-state index in [0.717, 1.165) is 66.5 Å². The highest BCUT2D eigenvalue weighted by molar-refractivity contribution is 6.32. The molecule has 0 unspecified atom stereocenters. The normalized spacial score (nSPS) is 18.7. The van der Waals surface area contributed by atoms with E-state index < -0.39 is 5.60 Å². The van der Waals surface area contributed by atoms with Gasteiger partial charge in [0.15, 0.2) is 0 Å². The summed E-state index contributed by atoms with van der Waals surface area (Å²) in [6.07, 6.45) is 6.31. The lowest BCUT2D eigenvalue weighted by molar-refractivity contribution is -0.0621. The maximum Gasteiger partial charge on any atom is 0.120 e. The fourth-order valence-electron chi connectivity index (χ4n) is 4.51. The lowest BCUT2D eigenvalue weighted by Crippen LogP contribution is -2.51. The molecular formula is C27H34ClN3O3. The van der Waals surface area contributed by atoms with Crippen LogP contribution < -0.4 is 9.47 Å². The van der Waals surface area contributed by atoms with E-state index in [1.807, 2.05) is 55.1 Å². The highest BCUT2D eigenvalue weighted by Gasteiger charge is 2.34. The Kier molecular flexibility index (Phi) is 8.14. The van der Waals surface area contributed by atoms with Gasteiger partial charge in [0.05, 0.1) is 6.61 Å². The fourth-order valence-corrected chi connectivity index (χ4v) is 4.62. The zero-order valence-corrected chi connectivity index (χ0v) is 20.8. The largest absolute Gasteiger partial charge is 0.494 e. The van der Waals surface area contributed by atoms with Gasteiger partial charge in [-0.1, -0.05) is 23.7 Å². The number of rotatable bonds is 10. The summed E-state index contributed by atoms with van der Waals surface area (Å²) < 4.78 is 13.9. The smallest absolute Gasteiger partial charge is 0.120 e. The first-order valence-electron chi connectivity index (χ1n) is 11.9. The summed E-state index contributed by atoms with van der Waals surface area (Å²) in [5.74, 6) is 1.63. The van der Waals surface area contributed by atoms with Crippen molar-refractivity contribution in [1.82, 2.24) is 14.7 Å². The number of piperidine rings is 1. The molecule has 0 amide bonds. The summed E-state index contributed by atoms with van der Waals surface area (Å²) in [5.41, 5.74) is 2.27. The van der Waals surface area contributed by atoms with Crippen molar-refractivity contribution in [2.24, 2.45) is 0 Å². The van der Waals surface area contributed by atoms with Gasteiger partial charge in [0, 0.05) is 43.5 Å². The Morgan fingerprint density at radius 2 is 1.91 bits per heavy atom. The quantitative estimate of drug-likeness (QED) is 0.410. The van der Waals surface area contributed by atoms with Crippen molar-refractivity contribution >= 4 is 11.6 Å². The summed E-state index contributed by atoms with van der Waals surface area (Å²) in [4.78, 5) is 2.29. The van der Waals surface area contributed by atoms with Crippen LogP contribution in [0.5, 0.6) is 11.5 Å². The van der Waals surface area contributed by atoms with Crippen molar-refractivity contribution in [3.05, 3.63) is 76.6 Å². The molecule has 0 radical (unpaired) electrons. The second-order valence-electron chi connectivity index (χ2n) is 9.32. The third-order valence-electron chi connectivity index (χ3n) is 6.22. The van der Waals surface area contributed by atoms with Gasteiger partial charge in [0.1, 0.15) is 23.7 Å². The van der Waals surface area contributed by atoms with Gasteiger partial charge in [0.2, 0.25) is 0 Å². The first kappa shape index (κ1) is 24.6. The number of nitrogens with zero attached hydrogens (tertiary/aromatic N) is 3. The number of hydrogen-bond donors (Lipinski definition) is 1. The SMILES string of the molecule is Cc1cc(OC[C@]2(O)CCCN(Cc3cccc(OCCCn4cccn4)c3)C2)cc(C)c1Cl. The summed E-state index contributed by atoms with van der Waals surface area (Å²) in [5, 5.41) is 16.2. The van der Waals surface area contributed by atoms with Gasteiger partial charge in [-0.2, -0.15) is 5.10 Å². The topological polar surface area (TPSA) is 59.8 Å². The summed E-state index contributed by atoms with van der Waals surface area (Å²) in [6.45, 7) is 8.00. The van der Waals surface area contributed by atoms with Crippen LogP contribution in [-0.4, -0.2) is 51.7 Å². The Labute approximate surface area is 207 Å². The number of aryl methyl sites for hydroxylation is 3. The number of halogens is 1. The minimum Gasteiger partial charge on any atom is -0.494 e. The van der Waals surface area contributed by atoms with E-state index in [1.165, 1.54) is 5.56 Å². The second-order valence-corrected chi connectivity index (χ2v) is 9.69. The van der Waals surface area contributed by atoms with Crippen LogP contribution in [0.25, 0.3) is 0 Å². The van der Waals surface area contributed by atoms with Crippen LogP contribution in [0.4, 0.5) is 0 Å². The van der Waals surface area contributed by atoms with E-state index >= 15 is 0 Å². The van der Waals surface area contributed by atoms with Crippen LogP contribution in [0.15, 0.2) is 54.9 Å². The van der Waals surface area contributed by atoms with Crippen molar-refractivity contribution in [3.63, 3.8) is 0 Å². The molecule has 6 nitrogen and oxygen atoms in total. The molecule has 0 aliphatic carbocycles. The van der Waals surface area contributed by atoms with Gasteiger partial charge >= 0.3 is 0 Å². The molecule has 1 atom stereocenters. The van der Waals surface area contributed by atoms with Gasteiger partial charge in [-0.25, -0.2) is 0 Å². The molecule has 2 aromatic carbocycles. The van der Waals surface area contributed by atoms with Crippen LogP contribution in [0.3, 0.4) is 0 Å². The number of aromatic nitrogens is 2. The van der Waals surface area contributed by atoms with E-state index in [-0.39, 0.29) is 6.61 Å². The molecule has 1 saturated heterocycles. The van der Waals surface area contributed by atoms with Gasteiger partial charge in [-0.15, -0.1) is 0 Å². The van der Waals surface area contributed by atoms with Crippen molar-refractivity contribution < 1.29 is 14.6 Å². The summed E-state index contributed by atoms with van der Waals surface area (Å²) >= 11 is 6.27. The number of β-amino-alcohol motifs (C(OH)–C–C–N with tert-alkyl or cyclic N) is 1. The van der Waals surface area contributed by atoms with Crippen LogP contribution in [0.1, 0.15) is 36.0 Å². The van der Waals surface area contributed by atoms with Crippen molar-refractivity contribution in [2.75, 3.05) is 26.3 Å². The third kappa shape index (κ3) is 6.75. The molecule has 0 saturated carbocycles. The molecule has 182 valence electrons. The van der Waals surface area contributed by atoms with E-state index in [0.29, 0.717) is 13.2 Å². The van der Waals surface area contributed by atoms with Crippen molar-refractivity contribution in [2.45, 2.75) is 51.8 Å². The Morgan fingerprint density at radius 3 is 2.68 bits per heavy atom. The van der Waals surface area contributed by atoms with Crippen molar-refractivity contribution in [1.29, 1.82) is 0 Å². The van der Waals surface area contributed by atoms with Crippen molar-refractivity contribution in [3.8, 4) is 11.5 Å². The molecular weight excluding hydrogens is 450 g/mol. The minimum atomic E-state index is -0.875. The zero-order chi connectivity index (χ0) is 24.0. The predicted molar refractivity (Wildman–Crippen MR) is 135 cm³/mol. The Hall–Kier alpha value is -2.54. The van der Waals surface area contributed by atoms with Gasteiger partial charge in [-0.05, 0) is 80.3 Å². The average molecular weight is 484 g/mol. The van der Waals surface area contributed by atoms with E-state index in [2.05, 4.69) is 22.1 Å². The molecule has 3 aromatic rings. The number of aliphatic hydroxyl groups is 1. The van der Waals surface area contributed by atoms with E-state index in [1.54, 1.807) is 6.20 Å². The minimum absolute atomic E-state index is 0.267. The highest BCUT2D eigenvalue weighted by atomic mass is 35.5. The second kappa shape index (κ2) is 11.3. The Bertz CT molecular complexity index is 1050. The van der Waals surface area contributed by atoms with Crippen LogP contribution >= 0.6 is 11.6 Å². The molecule has 7 heteroatoms. The molecule has 1 N–H and O–H groups in total. The fraction of sp³-hybridized carbons (Fsp3) is 0.444. The van der Waals surface area contributed by atoms with Gasteiger partial charge < -0.3 is 14.6 Å². The monoisotopic (exact) mass is 483 g/mol. The number of benzene rings is 2. The van der Waals surface area contributed by atoms with E-state index in [4.69, 9.17) is 21.1 Å².